The van der Waals surface area contributed by atoms with Crippen LogP contribution in [0.25, 0.3) is 28.6 Å². The van der Waals surface area contributed by atoms with Gasteiger partial charge in [-0.2, -0.15) is 0 Å². The molecule has 1 amide bonds. The van der Waals surface area contributed by atoms with E-state index in [0.29, 0.717) is 22.9 Å². The van der Waals surface area contributed by atoms with Gasteiger partial charge in [0.15, 0.2) is 5.58 Å². The number of rotatable bonds is 6. The number of methoxy groups -OCH3 is 2. The van der Waals surface area contributed by atoms with Crippen molar-refractivity contribution in [2.24, 2.45) is 0 Å². The summed E-state index contributed by atoms with van der Waals surface area (Å²) in [6.45, 7) is 0. The lowest BCUT2D eigenvalue weighted by atomic mass is 10.2. The molecule has 7 heteroatoms. The first-order valence-corrected chi connectivity index (χ1v) is 10.2. The largest absolute Gasteiger partial charge is 0.497 e. The van der Waals surface area contributed by atoms with Gasteiger partial charge in [-0.3, -0.25) is 4.79 Å². The van der Waals surface area contributed by atoms with Crippen LogP contribution in [0.2, 0.25) is 0 Å². The highest BCUT2D eigenvalue weighted by Gasteiger charge is 2.09. The normalized spacial score (nSPS) is 11.1. The summed E-state index contributed by atoms with van der Waals surface area (Å²) in [6.07, 6.45) is 3.17. The van der Waals surface area contributed by atoms with E-state index in [9.17, 15) is 4.79 Å². The van der Waals surface area contributed by atoms with E-state index >= 15 is 0 Å². The molecule has 6 nitrogen and oxygen atoms in total. The van der Waals surface area contributed by atoms with Gasteiger partial charge in [-0.05, 0) is 60.7 Å². The second-order valence-electron chi connectivity index (χ2n) is 6.64. The van der Waals surface area contributed by atoms with E-state index in [2.05, 4.69) is 26.2 Å². The first-order chi connectivity index (χ1) is 15.1. The van der Waals surface area contributed by atoms with Gasteiger partial charge < -0.3 is 19.2 Å². The number of benzene rings is 3. The van der Waals surface area contributed by atoms with Crippen LogP contribution in [0.15, 0.2) is 75.6 Å². The van der Waals surface area contributed by atoms with Crippen molar-refractivity contribution in [2.45, 2.75) is 0 Å². The molecule has 0 bridgehead atoms. The monoisotopic (exact) mass is 478 g/mol. The van der Waals surface area contributed by atoms with Crippen molar-refractivity contribution in [3.05, 3.63) is 76.8 Å². The fourth-order valence-corrected chi connectivity index (χ4v) is 3.42. The molecule has 0 saturated carbocycles. The highest BCUT2D eigenvalue weighted by molar-refractivity contribution is 9.10. The second kappa shape index (κ2) is 9.06. The Balaban J connectivity index is 1.46. The van der Waals surface area contributed by atoms with E-state index in [-0.39, 0.29) is 5.91 Å². The van der Waals surface area contributed by atoms with E-state index in [1.165, 1.54) is 6.08 Å². The van der Waals surface area contributed by atoms with Crippen molar-refractivity contribution < 1.29 is 18.7 Å². The van der Waals surface area contributed by atoms with Crippen LogP contribution in [0.1, 0.15) is 5.56 Å². The van der Waals surface area contributed by atoms with Gasteiger partial charge in [-0.15, -0.1) is 0 Å². The number of halogens is 1. The Morgan fingerprint density at radius 1 is 1.03 bits per heavy atom. The van der Waals surface area contributed by atoms with Crippen molar-refractivity contribution >= 4 is 44.7 Å². The van der Waals surface area contributed by atoms with Crippen molar-refractivity contribution in [2.75, 3.05) is 19.5 Å². The van der Waals surface area contributed by atoms with Crippen molar-refractivity contribution in [3.8, 4) is 23.0 Å². The van der Waals surface area contributed by atoms with Crippen molar-refractivity contribution in [1.82, 2.24) is 4.98 Å². The number of aromatic nitrogens is 1. The molecule has 31 heavy (non-hydrogen) atoms. The molecule has 0 unspecified atom stereocenters. The summed E-state index contributed by atoms with van der Waals surface area (Å²) in [5.74, 6) is 1.66. The Hall–Kier alpha value is -3.58. The third kappa shape index (κ3) is 4.78. The number of nitrogens with zero attached hydrogens (tertiary/aromatic N) is 1. The van der Waals surface area contributed by atoms with E-state index < -0.39 is 0 Å². The number of fused-ring (bicyclic) bond motifs is 1. The number of amides is 1. The zero-order chi connectivity index (χ0) is 21.8. The second-order valence-corrected chi connectivity index (χ2v) is 7.55. The number of hydrogen-bond acceptors (Lipinski definition) is 5. The Bertz CT molecular complexity index is 1260. The summed E-state index contributed by atoms with van der Waals surface area (Å²) in [5.41, 5.74) is 3.68. The van der Waals surface area contributed by atoms with Gasteiger partial charge in [0.1, 0.15) is 17.0 Å². The standard InChI is InChI=1S/C24H19BrN2O4/c1-29-19-9-11-22-20(14-19)27-24(31-22)15-3-7-18(8-4-15)26-23(28)12-5-16-13-17(25)6-10-21(16)30-2/h3-14H,1-2H3,(H,26,28). The van der Waals surface area contributed by atoms with Crippen LogP contribution in [-0.2, 0) is 4.79 Å². The molecule has 4 aromatic rings. The fraction of sp³-hybridized carbons (Fsp3) is 0.0833. The Morgan fingerprint density at radius 3 is 2.58 bits per heavy atom. The quantitative estimate of drug-likeness (QED) is 0.347. The highest BCUT2D eigenvalue weighted by atomic mass is 79.9. The average molecular weight is 479 g/mol. The number of hydrogen-bond donors (Lipinski definition) is 1. The minimum absolute atomic E-state index is 0.247. The third-order valence-electron chi connectivity index (χ3n) is 4.60. The molecule has 0 aliphatic heterocycles. The minimum Gasteiger partial charge on any atom is -0.497 e. The third-order valence-corrected chi connectivity index (χ3v) is 5.09. The zero-order valence-corrected chi connectivity index (χ0v) is 18.5. The predicted molar refractivity (Wildman–Crippen MR) is 124 cm³/mol. The van der Waals surface area contributed by atoms with Gasteiger partial charge >= 0.3 is 0 Å². The van der Waals surface area contributed by atoms with E-state index in [1.54, 1.807) is 32.4 Å². The molecule has 1 N–H and O–H groups in total. The molecule has 0 radical (unpaired) electrons. The first-order valence-electron chi connectivity index (χ1n) is 9.43. The maximum absolute atomic E-state index is 12.3. The van der Waals surface area contributed by atoms with Crippen LogP contribution in [0.5, 0.6) is 11.5 Å². The molecule has 0 aliphatic carbocycles. The molecule has 156 valence electrons. The molecule has 0 aliphatic rings. The first kappa shape index (κ1) is 20.7. The van der Waals surface area contributed by atoms with Gasteiger partial charge in [0, 0.05) is 33.4 Å². The number of carbonyl (C=O) groups is 1. The van der Waals surface area contributed by atoms with Gasteiger partial charge in [-0.1, -0.05) is 15.9 Å². The molecular formula is C24H19BrN2O4. The molecule has 0 fully saturated rings. The molecule has 1 heterocycles. The molecule has 0 saturated heterocycles. The van der Waals surface area contributed by atoms with Crippen molar-refractivity contribution in [1.29, 1.82) is 0 Å². The smallest absolute Gasteiger partial charge is 0.248 e. The summed E-state index contributed by atoms with van der Waals surface area (Å²) in [4.78, 5) is 16.8. The average Bonchev–Trinajstić information content (AvgIpc) is 3.21. The summed E-state index contributed by atoms with van der Waals surface area (Å²) in [5, 5.41) is 2.84. The van der Waals surface area contributed by atoms with Crippen LogP contribution in [0, 0.1) is 0 Å². The molecule has 3 aromatic carbocycles. The predicted octanol–water partition coefficient (Wildman–Crippen LogP) is 5.93. The van der Waals surface area contributed by atoms with Crippen LogP contribution in [0.4, 0.5) is 5.69 Å². The Morgan fingerprint density at radius 2 is 1.84 bits per heavy atom. The lowest BCUT2D eigenvalue weighted by Crippen LogP contribution is -2.07. The summed E-state index contributed by atoms with van der Waals surface area (Å²) < 4.78 is 17.3. The van der Waals surface area contributed by atoms with E-state index in [1.807, 2.05) is 48.5 Å². The van der Waals surface area contributed by atoms with Crippen LogP contribution in [0.3, 0.4) is 0 Å². The number of ether oxygens (including phenoxy) is 2. The van der Waals surface area contributed by atoms with Crippen LogP contribution in [-0.4, -0.2) is 25.1 Å². The topological polar surface area (TPSA) is 73.6 Å². The van der Waals surface area contributed by atoms with Gasteiger partial charge in [0.2, 0.25) is 11.8 Å². The lowest BCUT2D eigenvalue weighted by Gasteiger charge is -2.05. The van der Waals surface area contributed by atoms with Crippen molar-refractivity contribution in [3.63, 3.8) is 0 Å². The molecule has 1 aromatic heterocycles. The summed E-state index contributed by atoms with van der Waals surface area (Å²) >= 11 is 3.42. The number of carbonyl (C=O) groups excluding carboxylic acids is 1. The number of anilines is 1. The van der Waals surface area contributed by atoms with E-state index in [4.69, 9.17) is 13.9 Å². The Labute approximate surface area is 187 Å². The molecule has 0 atom stereocenters. The lowest BCUT2D eigenvalue weighted by molar-refractivity contribution is -0.111. The number of nitrogens with one attached hydrogen (secondary N) is 1. The fourth-order valence-electron chi connectivity index (χ4n) is 3.04. The molecular weight excluding hydrogens is 460 g/mol. The SMILES string of the molecule is COc1ccc2oc(-c3ccc(NC(=O)C=Cc4cc(Br)ccc4OC)cc3)nc2c1. The van der Waals surface area contributed by atoms with E-state index in [0.717, 1.165) is 26.9 Å². The van der Waals surface area contributed by atoms with Crippen LogP contribution < -0.4 is 14.8 Å². The molecule has 0 spiro atoms. The van der Waals surface area contributed by atoms with Gasteiger partial charge in [0.25, 0.3) is 0 Å². The molecule has 4 rings (SSSR count). The van der Waals surface area contributed by atoms with Gasteiger partial charge in [-0.25, -0.2) is 4.98 Å². The summed E-state index contributed by atoms with van der Waals surface area (Å²) in [6, 6.07) is 18.4. The summed E-state index contributed by atoms with van der Waals surface area (Å²) in [7, 11) is 3.20. The maximum atomic E-state index is 12.3. The van der Waals surface area contributed by atoms with Gasteiger partial charge in [0.05, 0.1) is 14.2 Å². The zero-order valence-electron chi connectivity index (χ0n) is 16.9. The maximum Gasteiger partial charge on any atom is 0.248 e. The highest BCUT2D eigenvalue weighted by Crippen LogP contribution is 2.28. The Kier molecular flexibility index (Phi) is 6.04. The number of oxazole rings is 1. The van der Waals surface area contributed by atoms with Crippen LogP contribution >= 0.6 is 15.9 Å². The minimum atomic E-state index is -0.247.